The minimum atomic E-state index is -0.411. The molecule has 7 nitrogen and oxygen atoms in total. The van der Waals surface area contributed by atoms with Crippen LogP contribution in [0.5, 0.6) is 5.75 Å². The fourth-order valence-electron chi connectivity index (χ4n) is 3.14. The van der Waals surface area contributed by atoms with Crippen molar-refractivity contribution in [1.82, 2.24) is 15.5 Å². The molecular weight excluding hydrogens is 322 g/mol. The third-order valence-electron chi connectivity index (χ3n) is 4.61. The van der Waals surface area contributed by atoms with Crippen LogP contribution in [-0.2, 0) is 14.4 Å². The van der Waals surface area contributed by atoms with E-state index in [-0.39, 0.29) is 30.4 Å². The molecule has 2 aliphatic rings. The number of nitrogens with one attached hydrogen (secondary N) is 2. The lowest BCUT2D eigenvalue weighted by atomic mass is 10.0. The standard InChI is InChI=1S/C18H23N3O4/c22-16-7-6-15(20-16)18(24)19-13-8-10-21(11-9-13)17(23)12-25-14-4-2-1-3-5-14/h1-5,13,15H,6-12H2,(H,19,24)(H,20,22). The first-order valence-corrected chi connectivity index (χ1v) is 8.67. The minimum Gasteiger partial charge on any atom is -0.484 e. The predicted molar refractivity (Wildman–Crippen MR) is 90.8 cm³/mol. The second kappa shape index (κ2) is 8.00. The monoisotopic (exact) mass is 345 g/mol. The molecule has 2 aliphatic heterocycles. The van der Waals surface area contributed by atoms with Crippen LogP contribution in [0.2, 0.25) is 0 Å². The highest BCUT2D eigenvalue weighted by atomic mass is 16.5. The van der Waals surface area contributed by atoms with Gasteiger partial charge < -0.3 is 20.3 Å². The lowest BCUT2D eigenvalue weighted by Gasteiger charge is -2.32. The van der Waals surface area contributed by atoms with Crippen molar-refractivity contribution in [3.8, 4) is 5.75 Å². The Hall–Kier alpha value is -2.57. The molecule has 0 bridgehead atoms. The van der Waals surface area contributed by atoms with Gasteiger partial charge in [-0.25, -0.2) is 0 Å². The van der Waals surface area contributed by atoms with Crippen molar-refractivity contribution in [2.75, 3.05) is 19.7 Å². The van der Waals surface area contributed by atoms with Crippen molar-refractivity contribution in [2.45, 2.75) is 37.8 Å². The fraction of sp³-hybridized carbons (Fsp3) is 0.500. The molecule has 134 valence electrons. The Kier molecular flexibility index (Phi) is 5.53. The molecule has 2 heterocycles. The summed E-state index contributed by atoms with van der Waals surface area (Å²) in [5.74, 6) is 0.440. The van der Waals surface area contributed by atoms with Gasteiger partial charge in [0.25, 0.3) is 5.91 Å². The van der Waals surface area contributed by atoms with E-state index < -0.39 is 6.04 Å². The van der Waals surface area contributed by atoms with Crippen molar-refractivity contribution >= 4 is 17.7 Å². The minimum absolute atomic E-state index is 0.0230. The number of ether oxygens (including phenoxy) is 1. The topological polar surface area (TPSA) is 87.7 Å². The lowest BCUT2D eigenvalue weighted by molar-refractivity contribution is -0.134. The summed E-state index contributed by atoms with van der Waals surface area (Å²) in [7, 11) is 0. The normalized spacial score (nSPS) is 20.9. The quantitative estimate of drug-likeness (QED) is 0.811. The van der Waals surface area contributed by atoms with E-state index in [9.17, 15) is 14.4 Å². The van der Waals surface area contributed by atoms with Gasteiger partial charge in [0, 0.05) is 25.6 Å². The van der Waals surface area contributed by atoms with Gasteiger partial charge in [-0.1, -0.05) is 18.2 Å². The zero-order valence-electron chi connectivity index (χ0n) is 14.1. The number of hydrogen-bond donors (Lipinski definition) is 2. The van der Waals surface area contributed by atoms with E-state index in [0.29, 0.717) is 44.5 Å². The van der Waals surface area contributed by atoms with Crippen molar-refractivity contribution in [2.24, 2.45) is 0 Å². The third-order valence-corrected chi connectivity index (χ3v) is 4.61. The number of amides is 3. The summed E-state index contributed by atoms with van der Waals surface area (Å²) in [6.45, 7) is 1.22. The maximum Gasteiger partial charge on any atom is 0.260 e. The first-order valence-electron chi connectivity index (χ1n) is 8.67. The maximum atomic E-state index is 12.2. The van der Waals surface area contributed by atoms with E-state index in [1.807, 2.05) is 30.3 Å². The zero-order chi connectivity index (χ0) is 17.6. The van der Waals surface area contributed by atoms with Crippen molar-refractivity contribution in [3.05, 3.63) is 30.3 Å². The molecule has 0 spiro atoms. The Bertz CT molecular complexity index is 626. The van der Waals surface area contributed by atoms with Crippen LogP contribution in [0.25, 0.3) is 0 Å². The van der Waals surface area contributed by atoms with Gasteiger partial charge >= 0.3 is 0 Å². The highest BCUT2D eigenvalue weighted by molar-refractivity contribution is 5.90. The van der Waals surface area contributed by atoms with Gasteiger partial charge in [-0.3, -0.25) is 14.4 Å². The number of hydrogen-bond acceptors (Lipinski definition) is 4. The van der Waals surface area contributed by atoms with E-state index in [0.717, 1.165) is 0 Å². The SMILES string of the molecule is O=C1CCC(C(=O)NC2CCN(C(=O)COc3ccccc3)CC2)N1. The number of piperidine rings is 1. The largest absolute Gasteiger partial charge is 0.484 e. The fourth-order valence-corrected chi connectivity index (χ4v) is 3.14. The Morgan fingerprint density at radius 3 is 2.52 bits per heavy atom. The molecule has 0 saturated carbocycles. The average Bonchev–Trinajstić information content (AvgIpc) is 3.08. The molecule has 3 rings (SSSR count). The first-order chi connectivity index (χ1) is 12.1. The Morgan fingerprint density at radius 2 is 1.88 bits per heavy atom. The average molecular weight is 345 g/mol. The summed E-state index contributed by atoms with van der Waals surface area (Å²) in [5, 5.41) is 5.65. The van der Waals surface area contributed by atoms with Gasteiger partial charge in [0.2, 0.25) is 11.8 Å². The molecule has 0 radical (unpaired) electrons. The molecule has 0 aromatic heterocycles. The van der Waals surface area contributed by atoms with Gasteiger partial charge in [0.05, 0.1) is 0 Å². The Labute approximate surface area is 146 Å². The molecule has 2 saturated heterocycles. The number of carbonyl (C=O) groups excluding carboxylic acids is 3. The van der Waals surface area contributed by atoms with Gasteiger partial charge in [-0.15, -0.1) is 0 Å². The zero-order valence-corrected chi connectivity index (χ0v) is 14.1. The number of carbonyl (C=O) groups is 3. The van der Waals surface area contributed by atoms with Crippen LogP contribution in [0.15, 0.2) is 30.3 Å². The third kappa shape index (κ3) is 4.71. The van der Waals surface area contributed by atoms with E-state index >= 15 is 0 Å². The van der Waals surface area contributed by atoms with Gasteiger partial charge in [0.1, 0.15) is 11.8 Å². The molecule has 1 atom stereocenters. The smallest absolute Gasteiger partial charge is 0.260 e. The van der Waals surface area contributed by atoms with Crippen LogP contribution in [0.4, 0.5) is 0 Å². The molecule has 7 heteroatoms. The number of likely N-dealkylation sites (tertiary alicyclic amines) is 1. The number of benzene rings is 1. The van der Waals surface area contributed by atoms with Crippen LogP contribution in [-0.4, -0.2) is 54.4 Å². The molecule has 1 unspecified atom stereocenters. The highest BCUT2D eigenvalue weighted by Gasteiger charge is 2.30. The molecule has 1 aromatic carbocycles. The number of para-hydroxylation sites is 1. The summed E-state index contributed by atoms with van der Waals surface area (Å²) < 4.78 is 5.49. The van der Waals surface area contributed by atoms with Gasteiger partial charge in [-0.2, -0.15) is 0 Å². The number of rotatable bonds is 5. The van der Waals surface area contributed by atoms with Gasteiger partial charge in [-0.05, 0) is 31.4 Å². The van der Waals surface area contributed by atoms with Crippen molar-refractivity contribution in [1.29, 1.82) is 0 Å². The molecule has 1 aromatic rings. The van der Waals surface area contributed by atoms with Crippen LogP contribution in [0.1, 0.15) is 25.7 Å². The second-order valence-electron chi connectivity index (χ2n) is 6.42. The van der Waals surface area contributed by atoms with Crippen molar-refractivity contribution < 1.29 is 19.1 Å². The van der Waals surface area contributed by atoms with Crippen LogP contribution in [0, 0.1) is 0 Å². The van der Waals surface area contributed by atoms with E-state index in [1.165, 1.54) is 0 Å². The predicted octanol–water partition coefficient (Wildman–Crippen LogP) is 0.451. The van der Waals surface area contributed by atoms with Crippen LogP contribution >= 0.6 is 0 Å². The second-order valence-corrected chi connectivity index (χ2v) is 6.42. The molecule has 2 N–H and O–H groups in total. The molecule has 25 heavy (non-hydrogen) atoms. The summed E-state index contributed by atoms with van der Waals surface area (Å²) in [5.41, 5.74) is 0. The summed E-state index contributed by atoms with van der Waals surface area (Å²) in [6, 6.07) is 8.88. The highest BCUT2D eigenvalue weighted by Crippen LogP contribution is 2.14. The Balaban J connectivity index is 1.38. The van der Waals surface area contributed by atoms with Crippen molar-refractivity contribution in [3.63, 3.8) is 0 Å². The summed E-state index contributed by atoms with van der Waals surface area (Å²) in [6.07, 6.45) is 2.39. The maximum absolute atomic E-state index is 12.2. The molecule has 3 amide bonds. The van der Waals surface area contributed by atoms with E-state index in [1.54, 1.807) is 4.90 Å². The lowest BCUT2D eigenvalue weighted by Crippen LogP contribution is -2.51. The molecule has 2 fully saturated rings. The molecule has 0 aliphatic carbocycles. The first kappa shape index (κ1) is 17.3. The number of nitrogens with zero attached hydrogens (tertiary/aromatic N) is 1. The summed E-state index contributed by atoms with van der Waals surface area (Å²) >= 11 is 0. The summed E-state index contributed by atoms with van der Waals surface area (Å²) in [4.78, 5) is 37.3. The van der Waals surface area contributed by atoms with E-state index in [2.05, 4.69) is 10.6 Å². The van der Waals surface area contributed by atoms with Gasteiger partial charge in [0.15, 0.2) is 6.61 Å². The van der Waals surface area contributed by atoms with E-state index in [4.69, 9.17) is 4.74 Å². The van der Waals surface area contributed by atoms with Crippen LogP contribution < -0.4 is 15.4 Å². The van der Waals surface area contributed by atoms with Crippen LogP contribution in [0.3, 0.4) is 0 Å². The Morgan fingerprint density at radius 1 is 1.16 bits per heavy atom. The molecular formula is C18H23N3O4.